The van der Waals surface area contributed by atoms with Crippen molar-refractivity contribution in [2.45, 2.75) is 19.8 Å². The van der Waals surface area contributed by atoms with E-state index in [-0.39, 0.29) is 5.91 Å². The van der Waals surface area contributed by atoms with E-state index in [1.54, 1.807) is 24.5 Å². The molecule has 0 saturated carbocycles. The second kappa shape index (κ2) is 7.08. The number of halogens is 1. The fraction of sp³-hybridized carbons (Fsp3) is 0.353. The molecule has 0 radical (unpaired) electrons. The van der Waals surface area contributed by atoms with Crippen LogP contribution < -0.4 is 10.2 Å². The van der Waals surface area contributed by atoms with Gasteiger partial charge in [-0.1, -0.05) is 22.9 Å². The maximum atomic E-state index is 12.2. The maximum absolute atomic E-state index is 12.2. The summed E-state index contributed by atoms with van der Waals surface area (Å²) < 4.78 is 0.942. The van der Waals surface area contributed by atoms with E-state index in [0.29, 0.717) is 11.3 Å². The molecule has 1 aliphatic heterocycles. The first-order valence-electron chi connectivity index (χ1n) is 7.76. The maximum Gasteiger partial charge on any atom is 0.255 e. The molecule has 0 aliphatic carbocycles. The minimum absolute atomic E-state index is 0.166. The van der Waals surface area contributed by atoms with Gasteiger partial charge in [0.1, 0.15) is 0 Å². The van der Waals surface area contributed by atoms with E-state index in [9.17, 15) is 4.79 Å². The third-order valence-corrected chi connectivity index (χ3v) is 4.60. The molecule has 0 atom stereocenters. The molecule has 1 aliphatic rings. The monoisotopic (exact) mass is 374 g/mol. The number of hydrogen-bond acceptors (Lipinski definition) is 4. The van der Waals surface area contributed by atoms with Crippen molar-refractivity contribution in [3.05, 3.63) is 46.7 Å². The number of anilines is 2. The number of amides is 1. The van der Waals surface area contributed by atoms with Gasteiger partial charge in [-0.15, -0.1) is 0 Å². The molecule has 1 N–H and O–H groups in total. The van der Waals surface area contributed by atoms with Crippen LogP contribution in [0.4, 0.5) is 11.6 Å². The zero-order valence-electron chi connectivity index (χ0n) is 13.0. The number of aromatic nitrogens is 2. The number of nitrogens with one attached hydrogen (secondary N) is 1. The second-order valence-corrected chi connectivity index (χ2v) is 6.82. The largest absolute Gasteiger partial charge is 0.341 e. The van der Waals surface area contributed by atoms with Gasteiger partial charge in [-0.2, -0.15) is 0 Å². The van der Waals surface area contributed by atoms with Crippen LogP contribution in [0.15, 0.2) is 41.1 Å². The predicted octanol–water partition coefficient (Wildman–Crippen LogP) is 3.73. The zero-order valence-corrected chi connectivity index (χ0v) is 14.6. The number of nitrogens with zero attached hydrogens (tertiary/aromatic N) is 3. The quantitative estimate of drug-likeness (QED) is 0.888. The van der Waals surface area contributed by atoms with Crippen molar-refractivity contribution >= 4 is 33.5 Å². The number of rotatable bonds is 3. The summed E-state index contributed by atoms with van der Waals surface area (Å²) in [5.74, 6) is 1.34. The van der Waals surface area contributed by atoms with Crippen molar-refractivity contribution in [2.75, 3.05) is 23.3 Å². The van der Waals surface area contributed by atoms with Gasteiger partial charge in [-0.05, 0) is 43.0 Å². The lowest BCUT2D eigenvalue weighted by atomic mass is 10.00. The molecule has 2 aromatic rings. The van der Waals surface area contributed by atoms with Crippen molar-refractivity contribution in [1.29, 1.82) is 0 Å². The van der Waals surface area contributed by atoms with E-state index in [2.05, 4.69) is 43.0 Å². The summed E-state index contributed by atoms with van der Waals surface area (Å²) in [5, 5.41) is 2.82. The van der Waals surface area contributed by atoms with Crippen LogP contribution in [0.25, 0.3) is 0 Å². The molecule has 1 fully saturated rings. The summed E-state index contributed by atoms with van der Waals surface area (Å²) in [6, 6.07) is 7.21. The fourth-order valence-electron chi connectivity index (χ4n) is 2.56. The van der Waals surface area contributed by atoms with Crippen molar-refractivity contribution in [1.82, 2.24) is 9.97 Å². The van der Waals surface area contributed by atoms with Crippen LogP contribution in [0.1, 0.15) is 30.1 Å². The van der Waals surface area contributed by atoms with Crippen molar-refractivity contribution < 1.29 is 4.79 Å². The van der Waals surface area contributed by atoms with Crippen LogP contribution in [-0.2, 0) is 0 Å². The Morgan fingerprint density at radius 2 is 1.78 bits per heavy atom. The van der Waals surface area contributed by atoms with E-state index >= 15 is 0 Å². The molecule has 1 aromatic carbocycles. The van der Waals surface area contributed by atoms with E-state index in [1.165, 1.54) is 12.8 Å². The molecule has 5 nitrogen and oxygen atoms in total. The second-order valence-electron chi connectivity index (χ2n) is 5.90. The first-order valence-corrected chi connectivity index (χ1v) is 8.55. The lowest BCUT2D eigenvalue weighted by molar-refractivity contribution is 0.102. The highest BCUT2D eigenvalue weighted by molar-refractivity contribution is 9.10. The topological polar surface area (TPSA) is 58.1 Å². The normalized spacial score (nSPS) is 15.5. The molecular formula is C17H19BrN4O. The highest BCUT2D eigenvalue weighted by Crippen LogP contribution is 2.20. The van der Waals surface area contributed by atoms with Gasteiger partial charge < -0.3 is 10.2 Å². The van der Waals surface area contributed by atoms with Gasteiger partial charge in [0.2, 0.25) is 5.95 Å². The SMILES string of the molecule is CC1CCN(c2ncc(NC(=O)c3ccc(Br)cc3)cn2)CC1. The number of carbonyl (C=O) groups excluding carboxylic acids is 1. The number of benzene rings is 1. The van der Waals surface area contributed by atoms with E-state index in [0.717, 1.165) is 29.4 Å². The molecule has 0 unspecified atom stereocenters. The molecule has 2 heterocycles. The molecule has 23 heavy (non-hydrogen) atoms. The molecular weight excluding hydrogens is 356 g/mol. The first-order chi connectivity index (χ1) is 11.1. The average molecular weight is 375 g/mol. The standard InChI is InChI=1S/C17H19BrN4O/c1-12-6-8-22(9-7-12)17-19-10-15(11-20-17)21-16(23)13-2-4-14(18)5-3-13/h2-5,10-12H,6-9H2,1H3,(H,21,23). The Morgan fingerprint density at radius 1 is 1.17 bits per heavy atom. The minimum Gasteiger partial charge on any atom is -0.341 e. The van der Waals surface area contributed by atoms with Crippen LogP contribution in [-0.4, -0.2) is 29.0 Å². The highest BCUT2D eigenvalue weighted by Gasteiger charge is 2.17. The van der Waals surface area contributed by atoms with Crippen molar-refractivity contribution in [3.63, 3.8) is 0 Å². The van der Waals surface area contributed by atoms with Crippen LogP contribution in [0, 0.1) is 5.92 Å². The van der Waals surface area contributed by atoms with E-state index < -0.39 is 0 Å². The lowest BCUT2D eigenvalue weighted by Crippen LogP contribution is -2.34. The third-order valence-electron chi connectivity index (χ3n) is 4.07. The Balaban J connectivity index is 1.63. The number of piperidine rings is 1. The van der Waals surface area contributed by atoms with Crippen LogP contribution >= 0.6 is 15.9 Å². The summed E-state index contributed by atoms with van der Waals surface area (Å²) in [6.45, 7) is 4.26. The molecule has 120 valence electrons. The van der Waals surface area contributed by atoms with E-state index in [4.69, 9.17) is 0 Å². The summed E-state index contributed by atoms with van der Waals surface area (Å²) in [4.78, 5) is 23.1. The molecule has 1 aromatic heterocycles. The lowest BCUT2D eigenvalue weighted by Gasteiger charge is -2.30. The Hall–Kier alpha value is -1.95. The van der Waals surface area contributed by atoms with Gasteiger partial charge in [0.05, 0.1) is 18.1 Å². The summed E-state index contributed by atoms with van der Waals surface area (Å²) in [5.41, 5.74) is 1.20. The van der Waals surface area contributed by atoms with Crippen molar-refractivity contribution in [3.8, 4) is 0 Å². The van der Waals surface area contributed by atoms with Gasteiger partial charge >= 0.3 is 0 Å². The van der Waals surface area contributed by atoms with Gasteiger partial charge in [-0.25, -0.2) is 9.97 Å². The summed E-state index contributed by atoms with van der Waals surface area (Å²) >= 11 is 3.35. The van der Waals surface area contributed by atoms with Gasteiger partial charge in [0.15, 0.2) is 0 Å². The number of hydrogen-bond donors (Lipinski definition) is 1. The molecule has 0 bridgehead atoms. The fourth-order valence-corrected chi connectivity index (χ4v) is 2.83. The predicted molar refractivity (Wildman–Crippen MR) is 94.7 cm³/mol. The smallest absolute Gasteiger partial charge is 0.255 e. The van der Waals surface area contributed by atoms with E-state index in [1.807, 2.05) is 12.1 Å². The third kappa shape index (κ3) is 4.07. The Labute approximate surface area is 144 Å². The van der Waals surface area contributed by atoms with Crippen LogP contribution in [0.2, 0.25) is 0 Å². The summed E-state index contributed by atoms with van der Waals surface area (Å²) in [6.07, 6.45) is 5.67. The Bertz CT molecular complexity index is 664. The molecule has 0 spiro atoms. The van der Waals surface area contributed by atoms with Gasteiger partial charge in [-0.3, -0.25) is 4.79 Å². The van der Waals surface area contributed by atoms with Crippen molar-refractivity contribution in [2.24, 2.45) is 5.92 Å². The molecule has 1 amide bonds. The van der Waals surface area contributed by atoms with Gasteiger partial charge in [0, 0.05) is 23.1 Å². The molecule has 6 heteroatoms. The Kier molecular flexibility index (Phi) is 4.91. The molecule has 1 saturated heterocycles. The Morgan fingerprint density at radius 3 is 2.39 bits per heavy atom. The summed E-state index contributed by atoms with van der Waals surface area (Å²) in [7, 11) is 0. The van der Waals surface area contributed by atoms with Gasteiger partial charge in [0.25, 0.3) is 5.91 Å². The zero-order chi connectivity index (χ0) is 16.2. The van der Waals surface area contributed by atoms with Crippen LogP contribution in [0.3, 0.4) is 0 Å². The minimum atomic E-state index is -0.166. The highest BCUT2D eigenvalue weighted by atomic mass is 79.9. The molecule has 3 rings (SSSR count). The number of carbonyl (C=O) groups is 1. The average Bonchev–Trinajstić information content (AvgIpc) is 2.57. The first kappa shape index (κ1) is 15.9. The van der Waals surface area contributed by atoms with Crippen LogP contribution in [0.5, 0.6) is 0 Å².